The van der Waals surface area contributed by atoms with Gasteiger partial charge in [0.2, 0.25) is 0 Å². The van der Waals surface area contributed by atoms with E-state index in [2.05, 4.69) is 60.1 Å². The molecule has 0 aliphatic heterocycles. The Morgan fingerprint density at radius 1 is 1.00 bits per heavy atom. The van der Waals surface area contributed by atoms with Gasteiger partial charge in [-0.05, 0) is 24.2 Å². The fourth-order valence-corrected chi connectivity index (χ4v) is 3.32. The minimum Gasteiger partial charge on any atom is -0.414 e. The summed E-state index contributed by atoms with van der Waals surface area (Å²) in [5.41, 5.74) is 0. The molecule has 0 aliphatic rings. The summed E-state index contributed by atoms with van der Waals surface area (Å²) < 4.78 is 23.3. The largest absolute Gasteiger partial charge is 0.414 e. The van der Waals surface area contributed by atoms with Crippen molar-refractivity contribution in [2.24, 2.45) is 0 Å². The molecule has 0 aromatic carbocycles. The fourth-order valence-electron chi connectivity index (χ4n) is 1.53. The fraction of sp³-hybridized carbons (Fsp3) is 0.889. The van der Waals surface area contributed by atoms with Crippen LogP contribution in [0, 0.1) is 0 Å². The normalized spacial score (nSPS) is 14.7. The van der Waals surface area contributed by atoms with Crippen LogP contribution in [0.5, 0.6) is 0 Å². The van der Waals surface area contributed by atoms with Gasteiger partial charge in [0, 0.05) is 14.7 Å². The zero-order valence-electron chi connectivity index (χ0n) is 17.2. The molecule has 24 heavy (non-hydrogen) atoms. The molecule has 0 saturated heterocycles. The van der Waals surface area contributed by atoms with Crippen LogP contribution in [0.4, 0.5) is 0 Å². The summed E-state index contributed by atoms with van der Waals surface area (Å²) in [6, 6.07) is 1.15. The third-order valence-electron chi connectivity index (χ3n) is 4.36. The maximum Gasteiger partial charge on any atom is 0.192 e. The maximum atomic E-state index is 6.26. The Morgan fingerprint density at radius 3 is 2.12 bits per heavy atom. The van der Waals surface area contributed by atoms with Crippen molar-refractivity contribution in [3.05, 3.63) is 12.7 Å². The summed E-state index contributed by atoms with van der Waals surface area (Å²) in [4.78, 5) is 0. The molecule has 0 aromatic rings. The molecule has 4 nitrogen and oxygen atoms in total. The second-order valence-electron chi connectivity index (χ2n) is 9.02. The van der Waals surface area contributed by atoms with E-state index in [1.165, 1.54) is 0 Å². The molecule has 0 amide bonds. The van der Waals surface area contributed by atoms with E-state index in [9.17, 15) is 0 Å². The lowest BCUT2D eigenvalue weighted by molar-refractivity contribution is -0.117. The van der Waals surface area contributed by atoms with Crippen LogP contribution < -0.4 is 0 Å². The highest BCUT2D eigenvalue weighted by atomic mass is 28.4. The molecule has 1 atom stereocenters. The summed E-state index contributed by atoms with van der Waals surface area (Å²) in [6.07, 6.45) is 1.64. The van der Waals surface area contributed by atoms with Gasteiger partial charge in [0.25, 0.3) is 0 Å². The molecular weight excluding hydrogens is 336 g/mol. The molecule has 0 heterocycles. The highest BCUT2D eigenvalue weighted by Gasteiger charge is 2.37. The van der Waals surface area contributed by atoms with Crippen LogP contribution in [0.1, 0.15) is 20.8 Å². The second-order valence-corrected chi connectivity index (χ2v) is 19.5. The smallest absolute Gasteiger partial charge is 0.192 e. The number of hydrogen-bond donors (Lipinski definition) is 0. The van der Waals surface area contributed by atoms with E-state index < -0.39 is 16.4 Å². The third kappa shape index (κ3) is 11.5. The molecule has 0 fully saturated rings. The SMILES string of the molecule is C=CCOCC(CO[Si](C)(C)C(C)(C)C)OCOCC[Si](C)(C)C. The molecule has 0 aromatic heterocycles. The van der Waals surface area contributed by atoms with E-state index in [1.54, 1.807) is 6.08 Å². The zero-order valence-corrected chi connectivity index (χ0v) is 19.2. The first-order valence-electron chi connectivity index (χ1n) is 8.91. The summed E-state index contributed by atoms with van der Waals surface area (Å²) in [6.45, 7) is 24.5. The summed E-state index contributed by atoms with van der Waals surface area (Å²) in [5.74, 6) is 0. The molecule has 1 unspecified atom stereocenters. The van der Waals surface area contributed by atoms with Crippen LogP contribution in [0.2, 0.25) is 43.8 Å². The van der Waals surface area contributed by atoms with Crippen molar-refractivity contribution in [2.75, 3.05) is 33.2 Å². The first-order valence-corrected chi connectivity index (χ1v) is 15.5. The van der Waals surface area contributed by atoms with Gasteiger partial charge in [-0.2, -0.15) is 0 Å². The predicted octanol–water partition coefficient (Wildman–Crippen LogP) is 4.91. The van der Waals surface area contributed by atoms with Crippen molar-refractivity contribution in [3.8, 4) is 0 Å². The highest BCUT2D eigenvalue weighted by Crippen LogP contribution is 2.36. The van der Waals surface area contributed by atoms with Gasteiger partial charge in [0.1, 0.15) is 12.9 Å². The average molecular weight is 377 g/mol. The summed E-state index contributed by atoms with van der Waals surface area (Å²) in [5, 5.41) is 0.188. The van der Waals surface area contributed by atoms with E-state index in [4.69, 9.17) is 18.6 Å². The Morgan fingerprint density at radius 2 is 1.62 bits per heavy atom. The zero-order chi connectivity index (χ0) is 18.9. The van der Waals surface area contributed by atoms with Gasteiger partial charge in [-0.15, -0.1) is 6.58 Å². The quantitative estimate of drug-likeness (QED) is 0.198. The molecular formula is C18H40O4Si2. The lowest BCUT2D eigenvalue weighted by Gasteiger charge is -2.37. The Kier molecular flexibility index (Phi) is 10.9. The van der Waals surface area contributed by atoms with E-state index >= 15 is 0 Å². The molecule has 0 spiro atoms. The molecule has 0 radical (unpaired) electrons. The van der Waals surface area contributed by atoms with Crippen LogP contribution in [-0.2, 0) is 18.6 Å². The molecule has 0 saturated carbocycles. The van der Waals surface area contributed by atoms with Crippen molar-refractivity contribution in [1.29, 1.82) is 0 Å². The topological polar surface area (TPSA) is 36.9 Å². The third-order valence-corrected chi connectivity index (χ3v) is 10.6. The van der Waals surface area contributed by atoms with Crippen molar-refractivity contribution in [1.82, 2.24) is 0 Å². The molecule has 0 bridgehead atoms. The Hall–Kier alpha value is 0.0138. The highest BCUT2D eigenvalue weighted by molar-refractivity contribution is 6.76. The van der Waals surface area contributed by atoms with Crippen molar-refractivity contribution >= 4 is 16.4 Å². The summed E-state index contributed by atoms with van der Waals surface area (Å²) >= 11 is 0. The van der Waals surface area contributed by atoms with Crippen LogP contribution in [0.15, 0.2) is 12.7 Å². The number of hydrogen-bond acceptors (Lipinski definition) is 4. The van der Waals surface area contributed by atoms with E-state index in [0.29, 0.717) is 26.6 Å². The predicted molar refractivity (Wildman–Crippen MR) is 108 cm³/mol. The first-order chi connectivity index (χ1) is 10.9. The lowest BCUT2D eigenvalue weighted by Crippen LogP contribution is -2.43. The van der Waals surface area contributed by atoms with E-state index in [1.807, 2.05) is 0 Å². The van der Waals surface area contributed by atoms with Crippen LogP contribution in [-0.4, -0.2) is 55.7 Å². The van der Waals surface area contributed by atoms with Crippen LogP contribution >= 0.6 is 0 Å². The van der Waals surface area contributed by atoms with Gasteiger partial charge in [0.15, 0.2) is 8.32 Å². The van der Waals surface area contributed by atoms with Gasteiger partial charge < -0.3 is 18.6 Å². The Labute approximate surface area is 152 Å². The average Bonchev–Trinajstić information content (AvgIpc) is 2.41. The lowest BCUT2D eigenvalue weighted by atomic mass is 10.2. The van der Waals surface area contributed by atoms with Gasteiger partial charge >= 0.3 is 0 Å². The van der Waals surface area contributed by atoms with Gasteiger partial charge in [0.05, 0.1) is 19.8 Å². The van der Waals surface area contributed by atoms with Gasteiger partial charge in [-0.3, -0.25) is 0 Å². The molecule has 6 heteroatoms. The van der Waals surface area contributed by atoms with Gasteiger partial charge in [-0.25, -0.2) is 0 Å². The molecule has 144 valence electrons. The number of ether oxygens (including phenoxy) is 3. The number of rotatable bonds is 13. The van der Waals surface area contributed by atoms with E-state index in [-0.39, 0.29) is 11.1 Å². The Balaban J connectivity index is 4.30. The summed E-state index contributed by atoms with van der Waals surface area (Å²) in [7, 11) is -2.84. The monoisotopic (exact) mass is 376 g/mol. The van der Waals surface area contributed by atoms with E-state index in [0.717, 1.165) is 12.7 Å². The van der Waals surface area contributed by atoms with Crippen molar-refractivity contribution in [3.63, 3.8) is 0 Å². The van der Waals surface area contributed by atoms with Crippen LogP contribution in [0.25, 0.3) is 0 Å². The Bertz CT molecular complexity index is 346. The molecule has 0 N–H and O–H groups in total. The van der Waals surface area contributed by atoms with Crippen molar-refractivity contribution < 1.29 is 18.6 Å². The minimum atomic E-state index is -1.79. The molecule has 0 aliphatic carbocycles. The van der Waals surface area contributed by atoms with Crippen LogP contribution in [0.3, 0.4) is 0 Å². The van der Waals surface area contributed by atoms with Crippen molar-refractivity contribution in [2.45, 2.75) is 70.7 Å². The standard InChI is InChI=1S/C18H40O4Si2/c1-10-11-19-14-17(15-22-24(8,9)18(2,3)4)21-16-20-12-13-23(5,6)7/h10,17H,1,11-16H2,2-9H3. The minimum absolute atomic E-state index is 0.106. The maximum absolute atomic E-state index is 6.26. The second kappa shape index (κ2) is 10.9. The molecule has 0 rings (SSSR count). The first kappa shape index (κ1) is 24.0. The van der Waals surface area contributed by atoms with Gasteiger partial charge in [-0.1, -0.05) is 46.5 Å².